The average molecular weight is 348 g/mol. The summed E-state index contributed by atoms with van der Waals surface area (Å²) in [5, 5.41) is 86.0. The fourth-order valence-electron chi connectivity index (χ4n) is 0.448. The topological polar surface area (TPSA) is 256 Å². The number of rotatable bonds is 0. The summed E-state index contributed by atoms with van der Waals surface area (Å²) in [4.78, 5) is 4.04. The van der Waals surface area contributed by atoms with Gasteiger partial charge in [-0.05, 0) is 0 Å². The molecule has 0 aliphatic rings. The number of aromatic nitrogens is 1. The zero-order chi connectivity index (χ0) is 19.4. The van der Waals surface area contributed by atoms with Crippen LogP contribution in [0.1, 0.15) is 0 Å². The molecule has 0 radical (unpaired) electrons. The van der Waals surface area contributed by atoms with E-state index in [1.165, 1.54) is 2.94 Å². The summed E-state index contributed by atoms with van der Waals surface area (Å²) in [6, 6.07) is 5.98. The van der Waals surface area contributed by atoms with Gasteiger partial charge in [-0.3, -0.25) is 0 Å². The fourth-order valence-corrected chi connectivity index (χ4v) is 0.790. The van der Waals surface area contributed by atoms with Gasteiger partial charge in [-0.1, -0.05) is 0 Å². The SMILES string of the molecule is OB(O)O.OB(O)O.OB(O)O.OB(O)O.[Na][c]1ccccn1. The summed E-state index contributed by atoms with van der Waals surface area (Å²) in [5.41, 5.74) is 0. The van der Waals surface area contributed by atoms with Crippen LogP contribution < -0.4 is 2.94 Å². The van der Waals surface area contributed by atoms with Crippen molar-refractivity contribution in [2.45, 2.75) is 0 Å². The molecule has 1 aromatic heterocycles. The van der Waals surface area contributed by atoms with Crippen LogP contribution in [-0.2, 0) is 0 Å². The normalized spacial score (nSPS) is 7.39. The third-order valence-corrected chi connectivity index (χ3v) is 1.40. The summed E-state index contributed by atoms with van der Waals surface area (Å²) in [5.74, 6) is 0. The van der Waals surface area contributed by atoms with Crippen molar-refractivity contribution in [3.8, 4) is 0 Å². The van der Waals surface area contributed by atoms with Gasteiger partial charge in [0.05, 0.1) is 0 Å². The van der Waals surface area contributed by atoms with E-state index in [0.717, 1.165) is 27.9 Å². The third kappa shape index (κ3) is 139. The Morgan fingerprint density at radius 3 is 0.957 bits per heavy atom. The molecule has 1 heterocycles. The maximum absolute atomic E-state index is 7.17. The van der Waals surface area contributed by atoms with Crippen LogP contribution in [0.4, 0.5) is 0 Å². The van der Waals surface area contributed by atoms with Gasteiger partial charge in [0.1, 0.15) is 0 Å². The van der Waals surface area contributed by atoms with E-state index < -0.39 is 29.3 Å². The first kappa shape index (κ1) is 30.8. The predicted octanol–water partition coefficient (Wildman–Crippen LogP) is -8.33. The van der Waals surface area contributed by atoms with Gasteiger partial charge in [0, 0.05) is 0 Å². The first-order chi connectivity index (χ1) is 10.3. The van der Waals surface area contributed by atoms with Gasteiger partial charge in [0.15, 0.2) is 0 Å². The molecule has 12 N–H and O–H groups in total. The number of pyridine rings is 1. The van der Waals surface area contributed by atoms with E-state index in [1.807, 2.05) is 24.4 Å². The van der Waals surface area contributed by atoms with E-state index in [9.17, 15) is 0 Å². The monoisotopic (exact) mass is 349 g/mol. The van der Waals surface area contributed by atoms with Gasteiger partial charge in [-0.2, -0.15) is 0 Å². The standard InChI is InChI=1S/C5H4N.4BH3O3.Na/c1-2-4-6-5-3-1;4*2-1(3)4;/h1-4H;4*2-4H;. The number of hydrogen-bond donors (Lipinski definition) is 12. The second kappa shape index (κ2) is 24.2. The van der Waals surface area contributed by atoms with Crippen molar-refractivity contribution in [2.24, 2.45) is 0 Å². The van der Waals surface area contributed by atoms with E-state index in [-0.39, 0.29) is 0 Å². The zero-order valence-corrected chi connectivity index (χ0v) is 13.9. The van der Waals surface area contributed by atoms with Gasteiger partial charge < -0.3 is 60.3 Å². The molecule has 1 rings (SSSR count). The first-order valence-electron chi connectivity index (χ1n) is 5.37. The maximum atomic E-state index is 7.17. The molecule has 18 heteroatoms. The van der Waals surface area contributed by atoms with Crippen LogP contribution in [0.2, 0.25) is 0 Å². The molecule has 126 valence electrons. The first-order valence-corrected chi connectivity index (χ1v) is 6.37. The molecule has 0 amide bonds. The van der Waals surface area contributed by atoms with Crippen LogP contribution in [0.5, 0.6) is 0 Å². The van der Waals surface area contributed by atoms with E-state index in [2.05, 4.69) is 4.98 Å². The van der Waals surface area contributed by atoms with Crippen molar-refractivity contribution in [2.75, 3.05) is 0 Å². The Kier molecular flexibility index (Phi) is 32.4. The Morgan fingerprint density at radius 2 is 0.870 bits per heavy atom. The summed E-state index contributed by atoms with van der Waals surface area (Å²) in [6.07, 6.45) is 1.82. The van der Waals surface area contributed by atoms with Crippen molar-refractivity contribution in [3.05, 3.63) is 24.4 Å². The van der Waals surface area contributed by atoms with Crippen LogP contribution in [0.3, 0.4) is 0 Å². The molecule has 0 aliphatic heterocycles. The Hall–Kier alpha value is -0.0703. The van der Waals surface area contributed by atoms with Gasteiger partial charge >= 0.3 is 89.5 Å². The van der Waals surface area contributed by atoms with Crippen LogP contribution in [0.15, 0.2) is 24.4 Å². The molecule has 0 saturated heterocycles. The van der Waals surface area contributed by atoms with Gasteiger partial charge in [-0.25, -0.2) is 0 Å². The Bertz CT molecular complexity index is 274. The van der Waals surface area contributed by atoms with Crippen LogP contribution in [0.25, 0.3) is 0 Å². The zero-order valence-electron chi connectivity index (χ0n) is 11.9. The molecule has 23 heavy (non-hydrogen) atoms. The van der Waals surface area contributed by atoms with Crippen LogP contribution >= 0.6 is 0 Å². The molecule has 0 fully saturated rings. The number of nitrogens with zero attached hydrogens (tertiary/aromatic N) is 1. The van der Waals surface area contributed by atoms with Gasteiger partial charge in [0.2, 0.25) is 0 Å². The summed E-state index contributed by atoms with van der Waals surface area (Å²) in [6.45, 7) is 0. The van der Waals surface area contributed by atoms with Gasteiger partial charge in [-0.15, -0.1) is 0 Å². The Balaban J connectivity index is -0.000000102. The van der Waals surface area contributed by atoms with Crippen LogP contribution in [-0.4, -0.2) is 122 Å². The Morgan fingerprint density at radius 1 is 0.609 bits per heavy atom. The van der Waals surface area contributed by atoms with E-state index in [4.69, 9.17) is 60.3 Å². The average Bonchev–Trinajstić information content (AvgIpc) is 2.26. The Labute approximate surface area is 149 Å². The second-order valence-corrected chi connectivity index (χ2v) is 3.88. The van der Waals surface area contributed by atoms with Crippen molar-refractivity contribution in [1.29, 1.82) is 0 Å². The predicted molar refractivity (Wildman–Crippen MR) is 79.3 cm³/mol. The summed E-state index contributed by atoms with van der Waals surface area (Å²) >= 11 is 1.06. The van der Waals surface area contributed by atoms with Crippen molar-refractivity contribution in [1.82, 2.24) is 4.98 Å². The van der Waals surface area contributed by atoms with Crippen LogP contribution in [0, 0.1) is 0 Å². The molecule has 13 nitrogen and oxygen atoms in total. The van der Waals surface area contributed by atoms with Crippen molar-refractivity contribution >= 4 is 60.2 Å². The van der Waals surface area contributed by atoms with Gasteiger partial charge in [0.25, 0.3) is 0 Å². The molecular weight excluding hydrogens is 332 g/mol. The molecule has 0 unspecified atom stereocenters. The molecule has 0 aromatic carbocycles. The van der Waals surface area contributed by atoms with E-state index in [1.54, 1.807) is 0 Å². The fraction of sp³-hybridized carbons (Fsp3) is 0. The van der Waals surface area contributed by atoms with E-state index in [0.29, 0.717) is 0 Å². The molecule has 0 spiro atoms. The quantitative estimate of drug-likeness (QED) is 0.195. The van der Waals surface area contributed by atoms with E-state index >= 15 is 0 Å². The summed E-state index contributed by atoms with van der Waals surface area (Å²) in [7, 11) is -8.67. The van der Waals surface area contributed by atoms with Crippen molar-refractivity contribution < 1.29 is 60.3 Å². The molecule has 0 saturated carbocycles. The minimum atomic E-state index is -2.17. The van der Waals surface area contributed by atoms with Crippen molar-refractivity contribution in [3.63, 3.8) is 0 Å². The summed E-state index contributed by atoms with van der Waals surface area (Å²) < 4.78 is 1.21. The molecule has 0 atom stereocenters. The molecule has 0 bridgehead atoms. The second-order valence-electron chi connectivity index (χ2n) is 2.86. The molecule has 1 aromatic rings. The third-order valence-electron chi connectivity index (χ3n) is 0.813. The minimum absolute atomic E-state index is 1.06. The number of hydrogen-bond acceptors (Lipinski definition) is 13. The molecule has 0 aliphatic carbocycles. The molecular formula is C5H16B4NNaO12.